The van der Waals surface area contributed by atoms with Gasteiger partial charge in [-0.3, -0.25) is 4.79 Å². The molecule has 1 heterocycles. The molecule has 1 saturated carbocycles. The summed E-state index contributed by atoms with van der Waals surface area (Å²) in [5.41, 5.74) is 0.443. The second-order valence-electron chi connectivity index (χ2n) is 7.90. The molecular formula is C22H31NO5S. The lowest BCUT2D eigenvalue weighted by Gasteiger charge is -2.35. The van der Waals surface area contributed by atoms with Crippen LogP contribution in [-0.4, -0.2) is 54.3 Å². The summed E-state index contributed by atoms with van der Waals surface area (Å²) in [5, 5.41) is -0.0145. The van der Waals surface area contributed by atoms with Crippen molar-refractivity contribution in [3.8, 4) is 11.5 Å². The largest absolute Gasteiger partial charge is 0.497 e. The molecule has 2 fully saturated rings. The topological polar surface area (TPSA) is 65.1 Å². The highest BCUT2D eigenvalue weighted by atomic mass is 32.2. The number of ether oxygens (including phenoxy) is 3. The van der Waals surface area contributed by atoms with Gasteiger partial charge in [0.25, 0.3) is 5.91 Å². The quantitative estimate of drug-likeness (QED) is 0.644. The summed E-state index contributed by atoms with van der Waals surface area (Å²) >= 11 is 1.70. The van der Waals surface area contributed by atoms with Gasteiger partial charge in [-0.1, -0.05) is 19.3 Å². The first kappa shape index (κ1) is 21.8. The van der Waals surface area contributed by atoms with Gasteiger partial charge < -0.3 is 19.1 Å². The van der Waals surface area contributed by atoms with Crippen LogP contribution in [0.4, 0.5) is 0 Å². The van der Waals surface area contributed by atoms with E-state index in [0.29, 0.717) is 28.7 Å². The molecule has 0 spiro atoms. The van der Waals surface area contributed by atoms with Crippen LogP contribution in [0, 0.1) is 5.92 Å². The van der Waals surface area contributed by atoms with E-state index in [4.69, 9.17) is 14.2 Å². The lowest BCUT2D eigenvalue weighted by atomic mass is 9.88. The lowest BCUT2D eigenvalue weighted by molar-refractivity contribution is -0.152. The maximum absolute atomic E-state index is 13.7. The predicted molar refractivity (Wildman–Crippen MR) is 114 cm³/mol. The molecule has 0 bridgehead atoms. The summed E-state index contributed by atoms with van der Waals surface area (Å²) in [6.45, 7) is 3.66. The Balaban J connectivity index is 1.93. The Hall–Kier alpha value is -1.89. The Morgan fingerprint density at radius 1 is 1.10 bits per heavy atom. The van der Waals surface area contributed by atoms with Crippen LogP contribution in [-0.2, 0) is 9.53 Å². The fourth-order valence-corrected chi connectivity index (χ4v) is 5.80. The Bertz CT molecular complexity index is 732. The molecule has 2 atom stereocenters. The van der Waals surface area contributed by atoms with Crippen molar-refractivity contribution in [2.45, 2.75) is 63.5 Å². The average molecular weight is 422 g/mol. The van der Waals surface area contributed by atoms with Gasteiger partial charge in [-0.05, 0) is 44.7 Å². The summed E-state index contributed by atoms with van der Waals surface area (Å²) in [7, 11) is 3.11. The highest BCUT2D eigenvalue weighted by molar-refractivity contribution is 8.00. The number of carbonyl (C=O) groups is 2. The molecule has 1 amide bonds. The Kier molecular flexibility index (Phi) is 7.33. The minimum Gasteiger partial charge on any atom is -0.497 e. The fourth-order valence-electron chi connectivity index (χ4n) is 4.17. The smallest absolute Gasteiger partial charge is 0.330 e. The van der Waals surface area contributed by atoms with E-state index in [1.54, 1.807) is 42.0 Å². The molecule has 160 valence electrons. The second-order valence-corrected chi connectivity index (χ2v) is 9.05. The summed E-state index contributed by atoms with van der Waals surface area (Å²) in [6.07, 6.45) is 5.56. The molecule has 1 saturated heterocycles. The molecule has 1 aliphatic heterocycles. The van der Waals surface area contributed by atoms with Crippen LogP contribution in [0.3, 0.4) is 0 Å². The number of carbonyl (C=O) groups excluding carboxylic acids is 2. The van der Waals surface area contributed by atoms with Gasteiger partial charge in [0, 0.05) is 11.8 Å². The second kappa shape index (κ2) is 9.74. The highest BCUT2D eigenvalue weighted by Crippen LogP contribution is 2.42. The number of benzene rings is 1. The van der Waals surface area contributed by atoms with Gasteiger partial charge in [-0.2, -0.15) is 0 Å². The molecular weight excluding hydrogens is 390 g/mol. The molecule has 1 aromatic carbocycles. The maximum atomic E-state index is 13.7. The molecule has 0 aromatic heterocycles. The minimum absolute atomic E-state index is 0.0145. The van der Waals surface area contributed by atoms with E-state index in [2.05, 4.69) is 0 Å². The monoisotopic (exact) mass is 421 g/mol. The molecule has 1 aliphatic carbocycles. The van der Waals surface area contributed by atoms with E-state index in [0.717, 1.165) is 12.8 Å². The minimum atomic E-state index is -0.575. The van der Waals surface area contributed by atoms with Gasteiger partial charge in [-0.25, -0.2) is 4.79 Å². The Morgan fingerprint density at radius 2 is 1.83 bits per heavy atom. The third-order valence-electron chi connectivity index (χ3n) is 5.59. The number of rotatable bonds is 6. The molecule has 1 aromatic rings. The standard InChI is InChI=1S/C22H31NO5S/c1-14(2)28-22(25)18-13-29-21(15-8-6-5-7-9-15)23(18)20(24)17-11-10-16(26-3)12-19(17)27-4/h10-12,14-15,18,21H,5-9,13H2,1-4H3/t18-,21-/m0/s1. The lowest BCUT2D eigenvalue weighted by Crippen LogP contribution is -2.49. The van der Waals surface area contributed by atoms with Gasteiger partial charge >= 0.3 is 5.97 Å². The van der Waals surface area contributed by atoms with E-state index in [1.165, 1.54) is 26.4 Å². The first-order valence-electron chi connectivity index (χ1n) is 10.3. The molecule has 7 heteroatoms. The van der Waals surface area contributed by atoms with Crippen LogP contribution in [0.2, 0.25) is 0 Å². The van der Waals surface area contributed by atoms with Gasteiger partial charge in [0.2, 0.25) is 0 Å². The molecule has 0 unspecified atom stereocenters. The summed E-state index contributed by atoms with van der Waals surface area (Å²) < 4.78 is 16.2. The van der Waals surface area contributed by atoms with Gasteiger partial charge in [-0.15, -0.1) is 11.8 Å². The van der Waals surface area contributed by atoms with Crippen LogP contribution in [0.1, 0.15) is 56.3 Å². The molecule has 2 aliphatic rings. The van der Waals surface area contributed by atoms with Crippen molar-refractivity contribution in [1.29, 1.82) is 0 Å². The first-order valence-corrected chi connectivity index (χ1v) is 11.4. The van der Waals surface area contributed by atoms with E-state index < -0.39 is 6.04 Å². The average Bonchev–Trinajstić information content (AvgIpc) is 3.18. The SMILES string of the molecule is COc1ccc(C(=O)N2[C@H](C(=O)OC(C)C)CS[C@H]2C2CCCCC2)c(OC)c1. The van der Waals surface area contributed by atoms with E-state index in [1.807, 2.05) is 13.8 Å². The number of thioether (sulfide) groups is 1. The van der Waals surface area contributed by atoms with Crippen molar-refractivity contribution in [2.75, 3.05) is 20.0 Å². The predicted octanol–water partition coefficient (Wildman–Crippen LogP) is 4.12. The summed E-state index contributed by atoms with van der Waals surface area (Å²) in [6, 6.07) is 4.59. The third-order valence-corrected chi connectivity index (χ3v) is 7.05. The Morgan fingerprint density at radius 3 is 2.45 bits per heavy atom. The molecule has 3 rings (SSSR count). The summed E-state index contributed by atoms with van der Waals surface area (Å²) in [5.74, 6) is 1.52. The zero-order chi connectivity index (χ0) is 21.0. The van der Waals surface area contributed by atoms with Gasteiger partial charge in [0.15, 0.2) is 0 Å². The van der Waals surface area contributed by atoms with Crippen molar-refractivity contribution in [1.82, 2.24) is 4.90 Å². The number of amides is 1. The third kappa shape index (κ3) is 4.82. The van der Waals surface area contributed by atoms with Crippen LogP contribution in [0.5, 0.6) is 11.5 Å². The fraction of sp³-hybridized carbons (Fsp3) is 0.636. The van der Waals surface area contributed by atoms with Crippen molar-refractivity contribution < 1.29 is 23.8 Å². The normalized spacial score (nSPS) is 22.6. The van der Waals surface area contributed by atoms with Crippen molar-refractivity contribution in [3.63, 3.8) is 0 Å². The number of hydrogen-bond donors (Lipinski definition) is 0. The molecule has 0 radical (unpaired) electrons. The van der Waals surface area contributed by atoms with Crippen molar-refractivity contribution in [2.24, 2.45) is 5.92 Å². The van der Waals surface area contributed by atoms with Gasteiger partial charge in [0.05, 0.1) is 31.3 Å². The zero-order valence-corrected chi connectivity index (χ0v) is 18.5. The number of nitrogens with zero attached hydrogens (tertiary/aromatic N) is 1. The first-order chi connectivity index (χ1) is 14.0. The van der Waals surface area contributed by atoms with Crippen LogP contribution >= 0.6 is 11.8 Å². The van der Waals surface area contributed by atoms with E-state index in [-0.39, 0.29) is 23.4 Å². The van der Waals surface area contributed by atoms with Crippen LogP contribution < -0.4 is 9.47 Å². The van der Waals surface area contributed by atoms with Crippen LogP contribution in [0.15, 0.2) is 18.2 Å². The van der Waals surface area contributed by atoms with Crippen LogP contribution in [0.25, 0.3) is 0 Å². The number of hydrogen-bond acceptors (Lipinski definition) is 6. The summed E-state index contributed by atoms with van der Waals surface area (Å²) in [4.78, 5) is 28.2. The number of esters is 1. The van der Waals surface area contributed by atoms with Gasteiger partial charge in [0.1, 0.15) is 17.5 Å². The van der Waals surface area contributed by atoms with E-state index in [9.17, 15) is 9.59 Å². The Labute approximate surface area is 177 Å². The number of methoxy groups -OCH3 is 2. The molecule has 29 heavy (non-hydrogen) atoms. The molecule has 0 N–H and O–H groups in total. The zero-order valence-electron chi connectivity index (χ0n) is 17.7. The van der Waals surface area contributed by atoms with Crippen molar-refractivity contribution in [3.05, 3.63) is 23.8 Å². The van der Waals surface area contributed by atoms with Crippen molar-refractivity contribution >= 4 is 23.6 Å². The maximum Gasteiger partial charge on any atom is 0.330 e. The highest BCUT2D eigenvalue weighted by Gasteiger charge is 2.46. The van der Waals surface area contributed by atoms with E-state index >= 15 is 0 Å². The molecule has 6 nitrogen and oxygen atoms in total.